The molecular formula is C14H10Cl2N2O3. The minimum absolute atomic E-state index is 0.0538. The van der Waals surface area contributed by atoms with Gasteiger partial charge in [0.15, 0.2) is 0 Å². The molecule has 0 saturated heterocycles. The van der Waals surface area contributed by atoms with E-state index in [2.05, 4.69) is 5.32 Å². The van der Waals surface area contributed by atoms with E-state index in [-0.39, 0.29) is 10.7 Å². The van der Waals surface area contributed by atoms with Gasteiger partial charge in [-0.3, -0.25) is 14.9 Å². The molecule has 0 bridgehead atoms. The van der Waals surface area contributed by atoms with Gasteiger partial charge < -0.3 is 5.32 Å². The van der Waals surface area contributed by atoms with Gasteiger partial charge in [0, 0.05) is 11.6 Å². The summed E-state index contributed by atoms with van der Waals surface area (Å²) < 4.78 is 0. The highest BCUT2D eigenvalue weighted by Gasteiger charge is 2.15. The normalized spacial score (nSPS) is 10.2. The van der Waals surface area contributed by atoms with Crippen LogP contribution in [0, 0.1) is 17.0 Å². The Morgan fingerprint density at radius 3 is 2.52 bits per heavy atom. The van der Waals surface area contributed by atoms with Crippen LogP contribution in [0.5, 0.6) is 0 Å². The lowest BCUT2D eigenvalue weighted by Crippen LogP contribution is -2.13. The topological polar surface area (TPSA) is 72.2 Å². The van der Waals surface area contributed by atoms with E-state index in [9.17, 15) is 14.9 Å². The fourth-order valence-electron chi connectivity index (χ4n) is 1.79. The number of hydrogen-bond donors (Lipinski definition) is 1. The molecule has 108 valence electrons. The van der Waals surface area contributed by atoms with Crippen molar-refractivity contribution >= 4 is 40.5 Å². The van der Waals surface area contributed by atoms with Gasteiger partial charge in [0.1, 0.15) is 0 Å². The van der Waals surface area contributed by atoms with Crippen molar-refractivity contribution in [2.45, 2.75) is 6.92 Å². The molecule has 0 spiro atoms. The third kappa shape index (κ3) is 3.32. The molecule has 0 aliphatic heterocycles. The molecule has 2 aromatic rings. The molecule has 0 fully saturated rings. The van der Waals surface area contributed by atoms with Crippen LogP contribution in [-0.2, 0) is 0 Å². The largest absolute Gasteiger partial charge is 0.321 e. The number of carbonyl (C=O) groups excluding carboxylic acids is 1. The molecule has 0 heterocycles. The van der Waals surface area contributed by atoms with Crippen molar-refractivity contribution in [2.24, 2.45) is 0 Å². The summed E-state index contributed by atoms with van der Waals surface area (Å²) in [4.78, 5) is 22.5. The zero-order valence-electron chi connectivity index (χ0n) is 10.9. The van der Waals surface area contributed by atoms with Crippen molar-refractivity contribution < 1.29 is 9.72 Å². The third-order valence-corrected chi connectivity index (χ3v) is 3.67. The zero-order valence-corrected chi connectivity index (χ0v) is 12.4. The number of amides is 1. The van der Waals surface area contributed by atoms with E-state index in [0.29, 0.717) is 21.8 Å². The number of nitrogens with one attached hydrogen (secondary N) is 1. The molecular weight excluding hydrogens is 315 g/mol. The predicted octanol–water partition coefficient (Wildman–Crippen LogP) is 4.46. The first-order chi connectivity index (χ1) is 9.90. The van der Waals surface area contributed by atoms with Crippen molar-refractivity contribution in [2.75, 3.05) is 5.32 Å². The van der Waals surface area contributed by atoms with Gasteiger partial charge >= 0.3 is 0 Å². The first-order valence-electron chi connectivity index (χ1n) is 5.90. The number of hydrogen-bond acceptors (Lipinski definition) is 3. The minimum atomic E-state index is -0.496. The first kappa shape index (κ1) is 15.3. The number of nitro benzene ring substituents is 1. The Balaban J connectivity index is 2.29. The SMILES string of the molecule is Cc1c(NC(=O)c2ccc(Cl)c(Cl)c2)cccc1[N+](=O)[O-]. The average molecular weight is 325 g/mol. The summed E-state index contributed by atoms with van der Waals surface area (Å²) in [6.07, 6.45) is 0. The number of anilines is 1. The summed E-state index contributed by atoms with van der Waals surface area (Å²) in [7, 11) is 0. The molecule has 7 heteroatoms. The number of benzene rings is 2. The van der Waals surface area contributed by atoms with E-state index in [4.69, 9.17) is 23.2 Å². The molecule has 0 aromatic heterocycles. The van der Waals surface area contributed by atoms with Gasteiger partial charge in [-0.15, -0.1) is 0 Å². The second-order valence-electron chi connectivity index (χ2n) is 4.29. The molecule has 1 N–H and O–H groups in total. The lowest BCUT2D eigenvalue weighted by atomic mass is 10.1. The molecule has 1 amide bonds. The Bertz CT molecular complexity index is 732. The van der Waals surface area contributed by atoms with Crippen molar-refractivity contribution in [3.8, 4) is 0 Å². The van der Waals surface area contributed by atoms with Crippen LogP contribution in [0.2, 0.25) is 10.0 Å². The Hall–Kier alpha value is -2.11. The zero-order chi connectivity index (χ0) is 15.6. The van der Waals surface area contributed by atoms with Gasteiger partial charge in [-0.2, -0.15) is 0 Å². The molecule has 0 radical (unpaired) electrons. The van der Waals surface area contributed by atoms with Gasteiger partial charge in [0.2, 0.25) is 0 Å². The minimum Gasteiger partial charge on any atom is -0.321 e. The van der Waals surface area contributed by atoms with Crippen LogP contribution in [-0.4, -0.2) is 10.8 Å². The van der Waals surface area contributed by atoms with E-state index in [0.717, 1.165) is 0 Å². The van der Waals surface area contributed by atoms with Gasteiger partial charge in [-0.25, -0.2) is 0 Å². The number of carbonyl (C=O) groups is 1. The number of halogens is 2. The maximum atomic E-state index is 12.1. The van der Waals surface area contributed by atoms with Gasteiger partial charge in [0.05, 0.1) is 26.2 Å². The molecule has 0 atom stereocenters. The standard InChI is InChI=1S/C14H10Cl2N2O3/c1-8-12(3-2-4-13(8)18(20)21)17-14(19)9-5-6-10(15)11(16)7-9/h2-7H,1H3,(H,17,19). The summed E-state index contributed by atoms with van der Waals surface area (Å²) in [6, 6.07) is 8.96. The smallest absolute Gasteiger partial charge is 0.274 e. The summed E-state index contributed by atoms with van der Waals surface area (Å²) in [5.74, 6) is -0.419. The molecule has 0 aliphatic carbocycles. The van der Waals surface area contributed by atoms with Gasteiger partial charge in [-0.05, 0) is 31.2 Å². The lowest BCUT2D eigenvalue weighted by Gasteiger charge is -2.09. The van der Waals surface area contributed by atoms with Gasteiger partial charge in [0.25, 0.3) is 11.6 Å². The first-order valence-corrected chi connectivity index (χ1v) is 6.66. The molecule has 0 aliphatic rings. The van der Waals surface area contributed by atoms with E-state index in [1.807, 2.05) is 0 Å². The monoisotopic (exact) mass is 324 g/mol. The highest BCUT2D eigenvalue weighted by molar-refractivity contribution is 6.42. The van der Waals surface area contributed by atoms with Crippen molar-refractivity contribution in [1.29, 1.82) is 0 Å². The predicted molar refractivity (Wildman–Crippen MR) is 82.2 cm³/mol. The molecule has 0 unspecified atom stereocenters. The van der Waals surface area contributed by atoms with E-state index in [1.54, 1.807) is 13.0 Å². The van der Waals surface area contributed by atoms with Crippen LogP contribution in [0.25, 0.3) is 0 Å². The summed E-state index contributed by atoms with van der Waals surface area (Å²) in [5, 5.41) is 14.1. The lowest BCUT2D eigenvalue weighted by molar-refractivity contribution is -0.385. The van der Waals surface area contributed by atoms with E-state index >= 15 is 0 Å². The van der Waals surface area contributed by atoms with Crippen molar-refractivity contribution in [1.82, 2.24) is 0 Å². The van der Waals surface area contributed by atoms with Gasteiger partial charge in [-0.1, -0.05) is 29.3 Å². The van der Waals surface area contributed by atoms with Crippen LogP contribution in [0.15, 0.2) is 36.4 Å². The van der Waals surface area contributed by atoms with E-state index in [1.165, 1.54) is 30.3 Å². The molecule has 2 aromatic carbocycles. The van der Waals surface area contributed by atoms with Crippen LogP contribution in [0.4, 0.5) is 11.4 Å². The second-order valence-corrected chi connectivity index (χ2v) is 5.10. The van der Waals surface area contributed by atoms with Crippen LogP contribution in [0.3, 0.4) is 0 Å². The number of nitro groups is 1. The summed E-state index contributed by atoms with van der Waals surface area (Å²) >= 11 is 11.6. The maximum absolute atomic E-state index is 12.1. The highest BCUT2D eigenvalue weighted by Crippen LogP contribution is 2.26. The van der Waals surface area contributed by atoms with E-state index < -0.39 is 10.8 Å². The Kier molecular flexibility index (Phi) is 4.45. The maximum Gasteiger partial charge on any atom is 0.274 e. The number of rotatable bonds is 3. The van der Waals surface area contributed by atoms with Crippen LogP contribution >= 0.6 is 23.2 Å². The molecule has 2 rings (SSSR count). The summed E-state index contributed by atoms with van der Waals surface area (Å²) in [6.45, 7) is 1.57. The Labute approximate surface area is 130 Å². The Morgan fingerprint density at radius 2 is 1.90 bits per heavy atom. The molecule has 21 heavy (non-hydrogen) atoms. The fraction of sp³-hybridized carbons (Fsp3) is 0.0714. The quantitative estimate of drug-likeness (QED) is 0.669. The van der Waals surface area contributed by atoms with Crippen LogP contribution < -0.4 is 5.32 Å². The summed E-state index contributed by atoms with van der Waals surface area (Å²) in [5.41, 5.74) is 1.02. The van der Waals surface area contributed by atoms with Crippen LogP contribution in [0.1, 0.15) is 15.9 Å². The third-order valence-electron chi connectivity index (χ3n) is 2.93. The second kappa shape index (κ2) is 6.11. The Morgan fingerprint density at radius 1 is 1.19 bits per heavy atom. The van der Waals surface area contributed by atoms with Crippen molar-refractivity contribution in [3.05, 3.63) is 67.7 Å². The highest BCUT2D eigenvalue weighted by atomic mass is 35.5. The fourth-order valence-corrected chi connectivity index (χ4v) is 2.09. The molecule has 0 saturated carbocycles. The molecule has 5 nitrogen and oxygen atoms in total. The number of nitrogens with zero attached hydrogens (tertiary/aromatic N) is 1. The van der Waals surface area contributed by atoms with Crippen molar-refractivity contribution in [3.63, 3.8) is 0 Å². The average Bonchev–Trinajstić information content (AvgIpc) is 2.43.